The second-order valence-electron chi connectivity index (χ2n) is 5.65. The van der Waals surface area contributed by atoms with E-state index >= 15 is 0 Å². The third-order valence-electron chi connectivity index (χ3n) is 3.63. The standard InChI is InChI=1S/C15H19.Zr.3H/c1-15(2,3)14(12-8-4-5-9-12)13-10-6-7-11-13;;;;/h4-8,10H,9,11H2,1-3H3;;;;/q;+3;3*-1. The predicted molar refractivity (Wildman–Crippen MR) is 69.2 cm³/mol. The van der Waals surface area contributed by atoms with Crippen molar-refractivity contribution in [1.29, 1.82) is 0 Å². The van der Waals surface area contributed by atoms with Gasteiger partial charge in [0.1, 0.15) is 0 Å². The quantitative estimate of drug-likeness (QED) is 0.683. The number of hydrogen-bond donors (Lipinski definition) is 0. The van der Waals surface area contributed by atoms with E-state index in [-0.39, 0.29) is 7.40 Å². The van der Waals surface area contributed by atoms with Gasteiger partial charge in [0.05, 0.1) is 0 Å². The molecule has 2 rings (SSSR count). The molecule has 0 saturated carbocycles. The van der Waals surface area contributed by atoms with E-state index in [1.807, 2.05) is 0 Å². The van der Waals surface area contributed by atoms with Crippen LogP contribution < -0.4 is 0 Å². The van der Waals surface area contributed by atoms with Crippen LogP contribution in [0.4, 0.5) is 0 Å². The summed E-state index contributed by atoms with van der Waals surface area (Å²) in [5.74, 6) is 0. The first kappa shape index (κ1) is 12.3. The van der Waals surface area contributed by atoms with Crippen LogP contribution in [0.15, 0.2) is 47.6 Å². The average Bonchev–Trinajstić information content (AvgIpc) is 2.88. The summed E-state index contributed by atoms with van der Waals surface area (Å²) in [6, 6.07) is 0. The molecular weight excluding hydrogens is 271 g/mol. The minimum absolute atomic E-state index is 0. The molecule has 2 aliphatic carbocycles. The molecule has 0 spiro atoms. The van der Waals surface area contributed by atoms with Crippen molar-refractivity contribution in [2.24, 2.45) is 5.41 Å². The molecule has 0 amide bonds. The Hall–Kier alpha value is -0.157. The molecule has 0 aromatic carbocycles. The van der Waals surface area contributed by atoms with Gasteiger partial charge in [0.15, 0.2) is 0 Å². The van der Waals surface area contributed by atoms with Crippen molar-refractivity contribution >= 4 is 0 Å². The third-order valence-corrected chi connectivity index (χ3v) is 7.05. The Morgan fingerprint density at radius 1 is 1.00 bits per heavy atom. The fraction of sp³-hybridized carbons (Fsp3) is 0.467. The Labute approximate surface area is 119 Å². The van der Waals surface area contributed by atoms with Gasteiger partial charge >= 0.3 is 114 Å². The molecule has 0 nitrogen and oxygen atoms in total. The van der Waals surface area contributed by atoms with Gasteiger partial charge in [0.2, 0.25) is 0 Å². The van der Waals surface area contributed by atoms with Crippen molar-refractivity contribution in [2.75, 3.05) is 0 Å². The van der Waals surface area contributed by atoms with Crippen LogP contribution in [0, 0.1) is 5.41 Å². The van der Waals surface area contributed by atoms with E-state index < -0.39 is 0 Å². The molecule has 0 unspecified atom stereocenters. The molecule has 0 aromatic heterocycles. The normalized spacial score (nSPS) is 20.3. The Bertz CT molecular complexity index is 382. The molecule has 0 bridgehead atoms. The van der Waals surface area contributed by atoms with Crippen LogP contribution in [0.2, 0.25) is 3.12 Å². The smallest absolute Gasteiger partial charge is 1.00 e. The first-order chi connectivity index (χ1) is 7.46. The second kappa shape index (κ2) is 4.26. The van der Waals surface area contributed by atoms with Gasteiger partial charge in [-0.15, -0.1) is 0 Å². The van der Waals surface area contributed by atoms with E-state index in [1.54, 1.807) is 35.9 Å². The topological polar surface area (TPSA) is 0 Å². The third kappa shape index (κ3) is 1.88. The Balaban J connectivity index is 0. The molecule has 0 atom stereocenters. The molecule has 0 N–H and O–H groups in total. The van der Waals surface area contributed by atoms with E-state index in [0.29, 0.717) is 5.41 Å². The van der Waals surface area contributed by atoms with E-state index in [1.165, 1.54) is 0 Å². The molecule has 86 valence electrons. The summed E-state index contributed by atoms with van der Waals surface area (Å²) in [7, 11) is 0. The van der Waals surface area contributed by atoms with E-state index in [2.05, 4.69) is 57.2 Å². The van der Waals surface area contributed by atoms with Crippen LogP contribution in [0.1, 0.15) is 37.9 Å². The van der Waals surface area contributed by atoms with Crippen molar-refractivity contribution < 1.29 is 29.0 Å². The van der Waals surface area contributed by atoms with Gasteiger partial charge in [-0.05, 0) is 0 Å². The van der Waals surface area contributed by atoms with Gasteiger partial charge < -0.3 is 4.28 Å². The van der Waals surface area contributed by atoms with Crippen LogP contribution in [-0.4, -0.2) is 0 Å². The van der Waals surface area contributed by atoms with Crippen LogP contribution in [0.5, 0.6) is 0 Å². The van der Waals surface area contributed by atoms with Crippen molar-refractivity contribution in [2.45, 2.75) is 36.7 Å². The first-order valence-electron chi connectivity index (χ1n) is 5.93. The van der Waals surface area contributed by atoms with E-state index in [9.17, 15) is 0 Å². The van der Waals surface area contributed by atoms with Crippen LogP contribution in [-0.2, 0) is 24.7 Å². The van der Waals surface area contributed by atoms with Crippen LogP contribution >= 0.6 is 0 Å². The largest absolute Gasteiger partial charge is 1.00 e. The zero-order chi connectivity index (χ0) is 11.8. The molecule has 0 heterocycles. The van der Waals surface area contributed by atoms with Crippen molar-refractivity contribution in [1.82, 2.24) is 0 Å². The SMILES string of the molecule is CC(C)(C)[C]([Zr+3])(C1=CC=CC1)C1=CC=CC1.[H-].[H-].[H-]. The summed E-state index contributed by atoms with van der Waals surface area (Å²) in [5, 5.41) is 0. The summed E-state index contributed by atoms with van der Waals surface area (Å²) in [5.41, 5.74) is 3.52. The summed E-state index contributed by atoms with van der Waals surface area (Å²) < 4.78 is 0.284. The maximum absolute atomic E-state index is 2.38. The zero-order valence-electron chi connectivity index (χ0n) is 13.4. The average molecular weight is 294 g/mol. The molecule has 2 aliphatic rings. The number of allylic oxidation sites excluding steroid dienone is 8. The monoisotopic (exact) mass is 292 g/mol. The van der Waals surface area contributed by atoms with Gasteiger partial charge in [0, 0.05) is 0 Å². The molecule has 0 saturated heterocycles. The number of rotatable bonds is 2. The minimum atomic E-state index is 0. The van der Waals surface area contributed by atoms with Gasteiger partial charge in [-0.3, -0.25) is 0 Å². The van der Waals surface area contributed by atoms with E-state index in [0.717, 1.165) is 12.8 Å². The van der Waals surface area contributed by atoms with E-state index in [4.69, 9.17) is 0 Å². The van der Waals surface area contributed by atoms with Crippen molar-refractivity contribution in [3.63, 3.8) is 0 Å². The van der Waals surface area contributed by atoms with Gasteiger partial charge in [-0.2, -0.15) is 0 Å². The maximum atomic E-state index is 2.38. The van der Waals surface area contributed by atoms with Gasteiger partial charge in [-0.25, -0.2) is 0 Å². The summed E-state index contributed by atoms with van der Waals surface area (Å²) in [6.45, 7) is 7.12. The number of hydrogen-bond acceptors (Lipinski definition) is 0. The molecule has 1 heteroatoms. The maximum Gasteiger partial charge on any atom is -1.00 e. The fourth-order valence-electron chi connectivity index (χ4n) is 2.62. The van der Waals surface area contributed by atoms with Crippen molar-refractivity contribution in [3.8, 4) is 0 Å². The molecule has 0 fully saturated rings. The molecule has 0 aliphatic heterocycles. The summed E-state index contributed by atoms with van der Waals surface area (Å²) >= 11 is 1.62. The molecule has 16 heavy (non-hydrogen) atoms. The minimum Gasteiger partial charge on any atom is -1.00 e. The molecule has 0 radical (unpaired) electrons. The fourth-order valence-corrected chi connectivity index (χ4v) is 3.53. The van der Waals surface area contributed by atoms with Crippen molar-refractivity contribution in [3.05, 3.63) is 47.6 Å². The zero-order valence-corrected chi connectivity index (χ0v) is 12.8. The van der Waals surface area contributed by atoms with Gasteiger partial charge in [0.25, 0.3) is 0 Å². The van der Waals surface area contributed by atoms with Crippen LogP contribution in [0.25, 0.3) is 0 Å². The van der Waals surface area contributed by atoms with Crippen LogP contribution in [0.3, 0.4) is 0 Å². The summed E-state index contributed by atoms with van der Waals surface area (Å²) in [6.07, 6.45) is 15.9. The van der Waals surface area contributed by atoms with Gasteiger partial charge in [-0.1, -0.05) is 0 Å². The molecular formula is C15H22Zr. The second-order valence-corrected chi connectivity index (χ2v) is 7.49. The Kier molecular flexibility index (Phi) is 3.28. The summed E-state index contributed by atoms with van der Waals surface area (Å²) in [4.78, 5) is 0. The molecule has 0 aromatic rings. The predicted octanol–water partition coefficient (Wildman–Crippen LogP) is 4.85. The Morgan fingerprint density at radius 3 is 1.69 bits per heavy atom. The Morgan fingerprint density at radius 2 is 1.44 bits per heavy atom. The first-order valence-corrected chi connectivity index (χ1v) is 7.16.